The molecule has 7 nitrogen and oxygen atoms in total. The van der Waals surface area contributed by atoms with Crippen LogP contribution in [0.25, 0.3) is 0 Å². The zero-order chi connectivity index (χ0) is 17.0. The van der Waals surface area contributed by atoms with Crippen LogP contribution in [0.3, 0.4) is 0 Å². The molecule has 0 radical (unpaired) electrons. The molecule has 0 saturated heterocycles. The van der Waals surface area contributed by atoms with Gasteiger partial charge in [0.2, 0.25) is 0 Å². The Balaban J connectivity index is 2.26. The minimum absolute atomic E-state index is 0.0326. The van der Waals surface area contributed by atoms with Gasteiger partial charge in [-0.3, -0.25) is 20.2 Å². The molecule has 0 N–H and O–H groups in total. The molecule has 2 aromatic carbocycles. The van der Waals surface area contributed by atoms with E-state index in [1.54, 1.807) is 50.2 Å². The lowest BCUT2D eigenvalue weighted by Gasteiger charge is -2.19. The third-order valence-corrected chi connectivity index (χ3v) is 3.55. The molecule has 2 rings (SSSR count). The van der Waals surface area contributed by atoms with E-state index in [1.807, 2.05) is 0 Å². The summed E-state index contributed by atoms with van der Waals surface area (Å²) < 4.78 is 5.80. The van der Waals surface area contributed by atoms with Crippen molar-refractivity contribution in [1.29, 1.82) is 0 Å². The maximum atomic E-state index is 11.1. The number of nitro groups is 2. The van der Waals surface area contributed by atoms with E-state index in [2.05, 4.69) is 0 Å². The van der Waals surface area contributed by atoms with Crippen LogP contribution >= 0.6 is 0 Å². The van der Waals surface area contributed by atoms with Crippen molar-refractivity contribution < 1.29 is 14.6 Å². The number of rotatable bonds is 6. The van der Waals surface area contributed by atoms with E-state index in [0.717, 1.165) is 0 Å². The molecule has 0 aliphatic heterocycles. The summed E-state index contributed by atoms with van der Waals surface area (Å²) in [6, 6.07) is 12.6. The molecule has 2 aromatic rings. The second-order valence-corrected chi connectivity index (χ2v) is 5.05. The van der Waals surface area contributed by atoms with Crippen molar-refractivity contribution in [2.24, 2.45) is 0 Å². The molecular formula is C16H16N2O5. The average molecular weight is 316 g/mol. The molecule has 0 spiro atoms. The highest BCUT2D eigenvalue weighted by Crippen LogP contribution is 2.34. The van der Waals surface area contributed by atoms with Crippen LogP contribution in [0.4, 0.5) is 11.4 Å². The Bertz CT molecular complexity index is 670. The van der Waals surface area contributed by atoms with Gasteiger partial charge in [-0.25, -0.2) is 0 Å². The van der Waals surface area contributed by atoms with E-state index in [1.165, 1.54) is 12.1 Å². The van der Waals surface area contributed by atoms with Gasteiger partial charge in [0, 0.05) is 12.1 Å². The van der Waals surface area contributed by atoms with Crippen molar-refractivity contribution in [3.8, 4) is 0 Å². The summed E-state index contributed by atoms with van der Waals surface area (Å²) in [7, 11) is 0. The van der Waals surface area contributed by atoms with Gasteiger partial charge in [0.05, 0.1) is 33.2 Å². The van der Waals surface area contributed by atoms with Crippen LogP contribution in [0.5, 0.6) is 0 Å². The summed E-state index contributed by atoms with van der Waals surface area (Å²) in [5.74, 6) is 0. The van der Waals surface area contributed by atoms with Gasteiger partial charge in [-0.15, -0.1) is 0 Å². The van der Waals surface area contributed by atoms with E-state index in [4.69, 9.17) is 4.74 Å². The van der Waals surface area contributed by atoms with Gasteiger partial charge < -0.3 is 4.74 Å². The molecule has 23 heavy (non-hydrogen) atoms. The van der Waals surface area contributed by atoms with E-state index in [9.17, 15) is 20.2 Å². The summed E-state index contributed by atoms with van der Waals surface area (Å²) in [5.41, 5.74) is 0.801. The lowest BCUT2D eigenvalue weighted by atomic mass is 10.1. The fourth-order valence-corrected chi connectivity index (χ4v) is 2.45. The van der Waals surface area contributed by atoms with Crippen LogP contribution in [-0.2, 0) is 4.74 Å². The molecule has 0 amide bonds. The minimum Gasteiger partial charge on any atom is -0.366 e. The highest BCUT2D eigenvalue weighted by molar-refractivity contribution is 5.43. The first-order valence-electron chi connectivity index (χ1n) is 7.04. The molecule has 0 aliphatic rings. The summed E-state index contributed by atoms with van der Waals surface area (Å²) >= 11 is 0. The van der Waals surface area contributed by atoms with Crippen molar-refractivity contribution in [2.75, 3.05) is 0 Å². The number of nitrogens with zero attached hydrogens (tertiary/aromatic N) is 2. The van der Waals surface area contributed by atoms with Crippen LogP contribution in [-0.4, -0.2) is 9.85 Å². The molecule has 7 heteroatoms. The molecular weight excluding hydrogens is 300 g/mol. The molecule has 2 unspecified atom stereocenters. The highest BCUT2D eigenvalue weighted by atomic mass is 16.6. The first-order chi connectivity index (χ1) is 10.9. The van der Waals surface area contributed by atoms with Gasteiger partial charge in [0.1, 0.15) is 0 Å². The molecule has 0 heterocycles. The zero-order valence-corrected chi connectivity index (χ0v) is 12.7. The first kappa shape index (κ1) is 16.6. The normalized spacial score (nSPS) is 13.3. The second kappa shape index (κ2) is 6.97. The molecule has 120 valence electrons. The Labute approximate surface area is 132 Å². The zero-order valence-electron chi connectivity index (χ0n) is 12.7. The number of hydrogen-bond donors (Lipinski definition) is 0. The molecule has 2 atom stereocenters. The lowest BCUT2D eigenvalue weighted by Crippen LogP contribution is -2.09. The van der Waals surface area contributed by atoms with Gasteiger partial charge in [0.25, 0.3) is 11.4 Å². The Kier molecular flexibility index (Phi) is 5.02. The molecule has 0 aliphatic carbocycles. The molecule has 0 fully saturated rings. The van der Waals surface area contributed by atoms with E-state index in [-0.39, 0.29) is 11.4 Å². The van der Waals surface area contributed by atoms with E-state index in [0.29, 0.717) is 11.1 Å². The Morgan fingerprint density at radius 2 is 1.13 bits per heavy atom. The van der Waals surface area contributed by atoms with Gasteiger partial charge in [-0.2, -0.15) is 0 Å². The van der Waals surface area contributed by atoms with Crippen molar-refractivity contribution in [3.05, 3.63) is 79.9 Å². The average Bonchev–Trinajstić information content (AvgIpc) is 2.54. The molecule has 0 aromatic heterocycles. The number of nitro benzene ring substituents is 2. The topological polar surface area (TPSA) is 95.5 Å². The van der Waals surface area contributed by atoms with Crippen LogP contribution in [0.2, 0.25) is 0 Å². The predicted octanol–water partition coefficient (Wildman–Crippen LogP) is 4.34. The first-order valence-corrected chi connectivity index (χ1v) is 7.04. The third-order valence-electron chi connectivity index (χ3n) is 3.55. The second-order valence-electron chi connectivity index (χ2n) is 5.05. The quantitative estimate of drug-likeness (QED) is 0.583. The summed E-state index contributed by atoms with van der Waals surface area (Å²) in [6.45, 7) is 3.38. The summed E-state index contributed by atoms with van der Waals surface area (Å²) in [6.07, 6.45) is -1.15. The smallest absolute Gasteiger partial charge is 0.275 e. The van der Waals surface area contributed by atoms with E-state index < -0.39 is 22.1 Å². The van der Waals surface area contributed by atoms with Crippen molar-refractivity contribution in [2.45, 2.75) is 26.1 Å². The van der Waals surface area contributed by atoms with Crippen LogP contribution in [0.1, 0.15) is 37.2 Å². The van der Waals surface area contributed by atoms with Crippen molar-refractivity contribution in [1.82, 2.24) is 0 Å². The van der Waals surface area contributed by atoms with Gasteiger partial charge in [0.15, 0.2) is 0 Å². The standard InChI is InChI=1S/C16H16N2O5/c1-11(13-7-3-5-9-15(13)17(19)20)23-12(2)14-8-4-6-10-16(14)18(21)22/h3-12H,1-2H3. The van der Waals surface area contributed by atoms with Crippen molar-refractivity contribution >= 4 is 11.4 Å². The Hall–Kier alpha value is -2.80. The Morgan fingerprint density at radius 1 is 0.783 bits per heavy atom. The van der Waals surface area contributed by atoms with Gasteiger partial charge >= 0.3 is 0 Å². The highest BCUT2D eigenvalue weighted by Gasteiger charge is 2.24. The lowest BCUT2D eigenvalue weighted by molar-refractivity contribution is -0.386. The van der Waals surface area contributed by atoms with Crippen molar-refractivity contribution in [3.63, 3.8) is 0 Å². The largest absolute Gasteiger partial charge is 0.366 e. The number of benzene rings is 2. The van der Waals surface area contributed by atoms with Gasteiger partial charge in [-0.05, 0) is 26.0 Å². The molecule has 0 bridgehead atoms. The van der Waals surface area contributed by atoms with Crippen LogP contribution < -0.4 is 0 Å². The SMILES string of the molecule is CC(OC(C)c1ccccc1[N+](=O)[O-])c1ccccc1[N+](=O)[O-]. The monoisotopic (exact) mass is 316 g/mol. The van der Waals surface area contributed by atoms with E-state index >= 15 is 0 Å². The summed E-state index contributed by atoms with van der Waals surface area (Å²) in [5, 5.41) is 22.2. The number of ether oxygens (including phenoxy) is 1. The van der Waals surface area contributed by atoms with Gasteiger partial charge in [-0.1, -0.05) is 24.3 Å². The minimum atomic E-state index is -0.577. The summed E-state index contributed by atoms with van der Waals surface area (Å²) in [4.78, 5) is 21.2. The molecule has 0 saturated carbocycles. The maximum absolute atomic E-state index is 11.1. The van der Waals surface area contributed by atoms with Crippen LogP contribution in [0.15, 0.2) is 48.5 Å². The fourth-order valence-electron chi connectivity index (χ4n) is 2.45. The number of para-hydroxylation sites is 2. The maximum Gasteiger partial charge on any atom is 0.275 e. The predicted molar refractivity (Wildman–Crippen MR) is 84.1 cm³/mol. The Morgan fingerprint density at radius 3 is 1.48 bits per heavy atom. The fraction of sp³-hybridized carbons (Fsp3) is 0.250. The van der Waals surface area contributed by atoms with Crippen LogP contribution in [0, 0.1) is 20.2 Å². The third kappa shape index (κ3) is 3.70. The number of hydrogen-bond acceptors (Lipinski definition) is 5.